The van der Waals surface area contributed by atoms with Crippen LogP contribution in [0.1, 0.15) is 16.8 Å². The molecule has 1 rings (SSSR count). The van der Waals surface area contributed by atoms with Gasteiger partial charge in [-0.05, 0) is 45.3 Å². The molecule has 0 saturated carbocycles. The first kappa shape index (κ1) is 14.3. The summed E-state index contributed by atoms with van der Waals surface area (Å²) in [5.74, 6) is -0.990. The average Bonchev–Trinajstić information content (AvgIpc) is 2.28. The summed E-state index contributed by atoms with van der Waals surface area (Å²) in [5, 5.41) is 9.02. The van der Waals surface area contributed by atoms with Crippen molar-refractivity contribution in [2.45, 2.75) is 6.42 Å². The summed E-state index contributed by atoms with van der Waals surface area (Å²) >= 11 is 0. The van der Waals surface area contributed by atoms with Crippen LogP contribution in [-0.4, -0.2) is 50.2 Å². The van der Waals surface area contributed by atoms with E-state index in [2.05, 4.69) is 4.90 Å². The van der Waals surface area contributed by atoms with Gasteiger partial charge in [-0.1, -0.05) is 0 Å². The number of carboxylic acid groups (broad SMARTS) is 1. The van der Waals surface area contributed by atoms with Gasteiger partial charge in [0.1, 0.15) is 0 Å². The first-order chi connectivity index (χ1) is 8.41. The Kier molecular flexibility index (Phi) is 4.97. The predicted molar refractivity (Wildman–Crippen MR) is 74.3 cm³/mol. The zero-order chi connectivity index (χ0) is 13.7. The molecule has 0 aromatic heterocycles. The maximum atomic E-state index is 11.0. The molecule has 0 spiro atoms. The molecule has 5 nitrogen and oxygen atoms in total. The lowest BCUT2D eigenvalue weighted by Gasteiger charge is -2.21. The van der Waals surface area contributed by atoms with E-state index in [-0.39, 0.29) is 5.56 Å². The molecule has 1 aromatic rings. The van der Waals surface area contributed by atoms with E-state index >= 15 is 0 Å². The zero-order valence-corrected chi connectivity index (χ0v) is 11.2. The molecular weight excluding hydrogens is 230 g/mol. The molecule has 0 radical (unpaired) electrons. The summed E-state index contributed by atoms with van der Waals surface area (Å²) in [6.07, 6.45) is 1.02. The molecule has 0 aliphatic rings. The molecule has 0 amide bonds. The minimum Gasteiger partial charge on any atom is -0.478 e. The average molecular weight is 251 g/mol. The molecular formula is C13H21N3O2. The fraction of sp³-hybridized carbons (Fsp3) is 0.462. The van der Waals surface area contributed by atoms with E-state index < -0.39 is 5.97 Å². The van der Waals surface area contributed by atoms with Crippen LogP contribution < -0.4 is 10.6 Å². The number of rotatable bonds is 6. The number of nitrogens with zero attached hydrogens (tertiary/aromatic N) is 2. The second kappa shape index (κ2) is 6.26. The second-order valence-electron chi connectivity index (χ2n) is 4.66. The number of anilines is 2. The number of carbonyl (C=O) groups is 1. The van der Waals surface area contributed by atoms with E-state index in [0.717, 1.165) is 25.2 Å². The number of aromatic carboxylic acids is 1. The maximum Gasteiger partial charge on any atom is 0.337 e. The molecule has 1 aromatic carbocycles. The van der Waals surface area contributed by atoms with Crippen molar-refractivity contribution in [2.24, 2.45) is 0 Å². The Morgan fingerprint density at radius 2 is 1.94 bits per heavy atom. The quantitative estimate of drug-likeness (QED) is 0.747. The Morgan fingerprint density at radius 1 is 1.28 bits per heavy atom. The minimum absolute atomic E-state index is 0.159. The fourth-order valence-electron chi connectivity index (χ4n) is 1.72. The van der Waals surface area contributed by atoms with Gasteiger partial charge in [-0.15, -0.1) is 0 Å². The Bertz CT molecular complexity index is 419. The van der Waals surface area contributed by atoms with Crippen molar-refractivity contribution in [3.8, 4) is 0 Å². The SMILES string of the molecule is CN(C)CCCN(C)c1ccc(N)c(C(=O)O)c1. The summed E-state index contributed by atoms with van der Waals surface area (Å²) in [6, 6.07) is 5.10. The Labute approximate surface area is 108 Å². The third kappa shape index (κ3) is 3.92. The summed E-state index contributed by atoms with van der Waals surface area (Å²) in [5.41, 5.74) is 6.96. The Balaban J connectivity index is 2.71. The van der Waals surface area contributed by atoms with Crippen molar-refractivity contribution >= 4 is 17.3 Å². The molecule has 18 heavy (non-hydrogen) atoms. The molecule has 3 N–H and O–H groups in total. The van der Waals surface area contributed by atoms with E-state index in [1.54, 1.807) is 12.1 Å². The number of hydrogen-bond acceptors (Lipinski definition) is 4. The molecule has 0 aliphatic carbocycles. The fourth-order valence-corrected chi connectivity index (χ4v) is 1.72. The highest BCUT2D eigenvalue weighted by molar-refractivity contribution is 5.94. The van der Waals surface area contributed by atoms with Crippen LogP contribution in [0.5, 0.6) is 0 Å². The number of hydrogen-bond donors (Lipinski definition) is 2. The summed E-state index contributed by atoms with van der Waals surface area (Å²) in [4.78, 5) is 15.2. The molecule has 0 unspecified atom stereocenters. The van der Waals surface area contributed by atoms with Crippen molar-refractivity contribution in [3.05, 3.63) is 23.8 Å². The molecule has 0 heterocycles. The van der Waals surface area contributed by atoms with Gasteiger partial charge in [-0.25, -0.2) is 4.79 Å². The lowest BCUT2D eigenvalue weighted by atomic mass is 10.1. The molecule has 0 saturated heterocycles. The van der Waals surface area contributed by atoms with Gasteiger partial charge >= 0.3 is 5.97 Å². The predicted octanol–water partition coefficient (Wildman–Crippen LogP) is 1.35. The van der Waals surface area contributed by atoms with Gasteiger partial charge < -0.3 is 20.6 Å². The molecule has 5 heteroatoms. The summed E-state index contributed by atoms with van der Waals surface area (Å²) in [6.45, 7) is 1.88. The zero-order valence-electron chi connectivity index (χ0n) is 11.2. The number of carboxylic acids is 1. The smallest absolute Gasteiger partial charge is 0.337 e. The van der Waals surface area contributed by atoms with Crippen LogP contribution in [0, 0.1) is 0 Å². The van der Waals surface area contributed by atoms with Crippen LogP contribution in [0.3, 0.4) is 0 Å². The standard InChI is InChI=1S/C13H21N3O2/c1-15(2)7-4-8-16(3)10-5-6-12(14)11(9-10)13(17)18/h5-6,9H,4,7-8,14H2,1-3H3,(H,17,18). The first-order valence-corrected chi connectivity index (χ1v) is 5.90. The monoisotopic (exact) mass is 251 g/mol. The number of nitrogens with two attached hydrogens (primary N) is 1. The van der Waals surface area contributed by atoms with Gasteiger partial charge in [0, 0.05) is 25.0 Å². The van der Waals surface area contributed by atoms with Crippen molar-refractivity contribution in [1.29, 1.82) is 0 Å². The van der Waals surface area contributed by atoms with E-state index in [1.807, 2.05) is 32.1 Å². The van der Waals surface area contributed by atoms with Gasteiger partial charge in [0.15, 0.2) is 0 Å². The summed E-state index contributed by atoms with van der Waals surface area (Å²) in [7, 11) is 6.02. The Morgan fingerprint density at radius 3 is 2.50 bits per heavy atom. The van der Waals surface area contributed by atoms with Crippen molar-refractivity contribution in [1.82, 2.24) is 4.90 Å². The van der Waals surface area contributed by atoms with Crippen LogP contribution in [-0.2, 0) is 0 Å². The van der Waals surface area contributed by atoms with E-state index in [1.165, 1.54) is 0 Å². The molecule has 0 fully saturated rings. The topological polar surface area (TPSA) is 69.8 Å². The lowest BCUT2D eigenvalue weighted by Crippen LogP contribution is -2.23. The van der Waals surface area contributed by atoms with Crippen LogP contribution in [0.15, 0.2) is 18.2 Å². The van der Waals surface area contributed by atoms with Gasteiger partial charge in [0.2, 0.25) is 0 Å². The highest BCUT2D eigenvalue weighted by atomic mass is 16.4. The van der Waals surface area contributed by atoms with Crippen molar-refractivity contribution in [2.75, 3.05) is 44.9 Å². The van der Waals surface area contributed by atoms with Gasteiger partial charge in [-0.3, -0.25) is 0 Å². The second-order valence-corrected chi connectivity index (χ2v) is 4.66. The lowest BCUT2D eigenvalue weighted by molar-refractivity contribution is 0.0698. The molecule has 0 atom stereocenters. The molecule has 0 aliphatic heterocycles. The normalized spacial score (nSPS) is 10.7. The van der Waals surface area contributed by atoms with Crippen LogP contribution in [0.4, 0.5) is 11.4 Å². The van der Waals surface area contributed by atoms with E-state index in [9.17, 15) is 4.79 Å². The van der Waals surface area contributed by atoms with Crippen molar-refractivity contribution in [3.63, 3.8) is 0 Å². The number of nitrogen functional groups attached to an aromatic ring is 1. The maximum absolute atomic E-state index is 11.0. The largest absolute Gasteiger partial charge is 0.478 e. The highest BCUT2D eigenvalue weighted by Gasteiger charge is 2.10. The van der Waals surface area contributed by atoms with Crippen LogP contribution in [0.25, 0.3) is 0 Å². The van der Waals surface area contributed by atoms with Gasteiger partial charge in [0.25, 0.3) is 0 Å². The van der Waals surface area contributed by atoms with Crippen LogP contribution >= 0.6 is 0 Å². The van der Waals surface area contributed by atoms with Gasteiger partial charge in [-0.2, -0.15) is 0 Å². The molecule has 0 bridgehead atoms. The van der Waals surface area contributed by atoms with Crippen molar-refractivity contribution < 1.29 is 9.90 Å². The third-order valence-electron chi connectivity index (χ3n) is 2.81. The van der Waals surface area contributed by atoms with E-state index in [0.29, 0.717) is 5.69 Å². The summed E-state index contributed by atoms with van der Waals surface area (Å²) < 4.78 is 0. The van der Waals surface area contributed by atoms with Crippen LogP contribution in [0.2, 0.25) is 0 Å². The first-order valence-electron chi connectivity index (χ1n) is 5.90. The number of benzene rings is 1. The Hall–Kier alpha value is -1.75. The highest BCUT2D eigenvalue weighted by Crippen LogP contribution is 2.20. The minimum atomic E-state index is -0.990. The van der Waals surface area contributed by atoms with Gasteiger partial charge in [0.05, 0.1) is 5.56 Å². The molecule has 100 valence electrons. The third-order valence-corrected chi connectivity index (χ3v) is 2.81. The van der Waals surface area contributed by atoms with E-state index in [4.69, 9.17) is 10.8 Å².